The Hall–Kier alpha value is -1.62. The van der Waals surface area contributed by atoms with Gasteiger partial charge in [-0.15, -0.1) is 0 Å². The summed E-state index contributed by atoms with van der Waals surface area (Å²) >= 11 is 0. The van der Waals surface area contributed by atoms with Crippen molar-refractivity contribution in [3.05, 3.63) is 30.1 Å². The number of fused-ring (bicyclic) bond motifs is 1. The number of nitrogens with zero attached hydrogens (tertiary/aromatic N) is 2. The summed E-state index contributed by atoms with van der Waals surface area (Å²) in [5.74, 6) is -0.231. The standard InChI is InChI=1S/C16H23FN2OSi/c1-6-18(7-2)16(20)19-13-11-9-8-10-12(13)14(17)15(19)21(3,4)5/h8-11H,6-7H2,1-5H3. The Labute approximate surface area is 126 Å². The van der Waals surface area contributed by atoms with Crippen LogP contribution < -0.4 is 5.32 Å². The Morgan fingerprint density at radius 1 is 1.19 bits per heavy atom. The SMILES string of the molecule is CCN(CC)C(=O)n1c([Si](C)(C)C)c(F)c2ccccc21. The van der Waals surface area contributed by atoms with Gasteiger partial charge in [-0.25, -0.2) is 9.18 Å². The van der Waals surface area contributed by atoms with Crippen molar-refractivity contribution in [2.75, 3.05) is 13.1 Å². The Morgan fingerprint density at radius 2 is 1.76 bits per heavy atom. The van der Waals surface area contributed by atoms with E-state index in [4.69, 9.17) is 0 Å². The van der Waals surface area contributed by atoms with Crippen molar-refractivity contribution in [1.29, 1.82) is 0 Å². The smallest absolute Gasteiger partial charge is 0.325 e. The summed E-state index contributed by atoms with van der Waals surface area (Å²) in [7, 11) is -2.00. The van der Waals surface area contributed by atoms with Crippen LogP contribution in [0.5, 0.6) is 0 Å². The van der Waals surface area contributed by atoms with Gasteiger partial charge in [-0.3, -0.25) is 4.57 Å². The van der Waals surface area contributed by atoms with Crippen LogP contribution in [0.1, 0.15) is 13.8 Å². The molecule has 0 radical (unpaired) electrons. The van der Waals surface area contributed by atoms with Gasteiger partial charge in [-0.05, 0) is 26.0 Å². The van der Waals surface area contributed by atoms with Crippen LogP contribution >= 0.6 is 0 Å². The van der Waals surface area contributed by atoms with Gasteiger partial charge in [0.2, 0.25) is 0 Å². The second kappa shape index (κ2) is 5.64. The summed E-state index contributed by atoms with van der Waals surface area (Å²) in [5, 5.41) is 1.12. The first-order valence-electron chi connectivity index (χ1n) is 7.41. The highest BCUT2D eigenvalue weighted by atomic mass is 28.3. The van der Waals surface area contributed by atoms with Gasteiger partial charge < -0.3 is 4.90 Å². The number of benzene rings is 1. The molecule has 0 bridgehead atoms. The molecule has 1 heterocycles. The van der Waals surface area contributed by atoms with Crippen molar-refractivity contribution in [2.24, 2.45) is 0 Å². The van der Waals surface area contributed by atoms with E-state index >= 15 is 0 Å². The Kier molecular flexibility index (Phi) is 4.23. The Bertz CT molecular complexity index is 669. The minimum absolute atomic E-state index is 0.127. The van der Waals surface area contributed by atoms with Crippen LogP contribution in [-0.4, -0.2) is 36.7 Å². The minimum atomic E-state index is -2.00. The number of hydrogen-bond acceptors (Lipinski definition) is 1. The van der Waals surface area contributed by atoms with Crippen molar-refractivity contribution in [3.63, 3.8) is 0 Å². The average molecular weight is 306 g/mol. The fraction of sp³-hybridized carbons (Fsp3) is 0.438. The molecule has 0 fully saturated rings. The van der Waals surface area contributed by atoms with Crippen LogP contribution in [0.2, 0.25) is 19.6 Å². The number of para-hydroxylation sites is 1. The van der Waals surface area contributed by atoms with E-state index in [-0.39, 0.29) is 11.8 Å². The molecule has 0 aliphatic rings. The largest absolute Gasteiger partial charge is 0.328 e. The van der Waals surface area contributed by atoms with Gasteiger partial charge in [0.25, 0.3) is 0 Å². The molecule has 0 spiro atoms. The second-order valence-corrected chi connectivity index (χ2v) is 11.2. The molecule has 0 aliphatic heterocycles. The maximum absolute atomic E-state index is 14.9. The van der Waals surface area contributed by atoms with Crippen molar-refractivity contribution in [2.45, 2.75) is 33.5 Å². The molecule has 114 valence electrons. The summed E-state index contributed by atoms with van der Waals surface area (Å²) in [4.78, 5) is 14.6. The van der Waals surface area contributed by atoms with Gasteiger partial charge in [0.05, 0.1) is 5.52 Å². The molecule has 0 unspecified atom stereocenters. The molecular weight excluding hydrogens is 283 g/mol. The summed E-state index contributed by atoms with van der Waals surface area (Å²) < 4.78 is 16.5. The van der Waals surface area contributed by atoms with Gasteiger partial charge in [0, 0.05) is 23.8 Å². The summed E-state index contributed by atoms with van der Waals surface area (Å²) in [6.07, 6.45) is 0. The highest BCUT2D eigenvalue weighted by molar-refractivity contribution is 6.88. The summed E-state index contributed by atoms with van der Waals surface area (Å²) in [5.41, 5.74) is 0.671. The fourth-order valence-corrected chi connectivity index (χ4v) is 4.38. The predicted molar refractivity (Wildman–Crippen MR) is 88.6 cm³/mol. The number of amides is 1. The van der Waals surface area contributed by atoms with E-state index in [1.165, 1.54) is 0 Å². The van der Waals surface area contributed by atoms with E-state index in [1.807, 2.05) is 32.0 Å². The van der Waals surface area contributed by atoms with E-state index in [0.29, 0.717) is 29.3 Å². The molecule has 2 rings (SSSR count). The molecule has 5 heteroatoms. The Balaban J connectivity index is 2.79. The third-order valence-electron chi connectivity index (χ3n) is 3.75. The monoisotopic (exact) mass is 306 g/mol. The molecule has 0 atom stereocenters. The molecular formula is C16H23FN2OSi. The predicted octanol–water partition coefficient (Wildman–Crippen LogP) is 3.64. The number of rotatable bonds is 3. The molecule has 1 amide bonds. The third-order valence-corrected chi connectivity index (χ3v) is 5.61. The number of hydrogen-bond donors (Lipinski definition) is 0. The molecule has 2 aromatic rings. The van der Waals surface area contributed by atoms with E-state index in [2.05, 4.69) is 19.6 Å². The van der Waals surface area contributed by atoms with Crippen molar-refractivity contribution >= 4 is 30.3 Å². The van der Waals surface area contributed by atoms with E-state index in [1.54, 1.807) is 15.5 Å². The maximum atomic E-state index is 14.9. The van der Waals surface area contributed by atoms with Crippen LogP contribution in [-0.2, 0) is 0 Å². The highest BCUT2D eigenvalue weighted by Gasteiger charge is 2.32. The summed E-state index contributed by atoms with van der Waals surface area (Å²) in [6, 6.07) is 7.11. The lowest BCUT2D eigenvalue weighted by Crippen LogP contribution is -2.49. The van der Waals surface area contributed by atoms with Gasteiger partial charge in [0.15, 0.2) is 0 Å². The molecule has 1 aromatic carbocycles. The number of carbonyl (C=O) groups is 1. The van der Waals surface area contributed by atoms with Gasteiger partial charge >= 0.3 is 6.03 Å². The zero-order chi connectivity index (χ0) is 15.8. The quantitative estimate of drug-likeness (QED) is 0.795. The topological polar surface area (TPSA) is 25.2 Å². The first-order valence-corrected chi connectivity index (χ1v) is 10.9. The van der Waals surface area contributed by atoms with E-state index in [9.17, 15) is 9.18 Å². The first kappa shape index (κ1) is 15.8. The van der Waals surface area contributed by atoms with Gasteiger partial charge in [0.1, 0.15) is 13.9 Å². The van der Waals surface area contributed by atoms with Crippen LogP contribution in [0.25, 0.3) is 10.9 Å². The first-order chi connectivity index (χ1) is 9.82. The van der Waals surface area contributed by atoms with Gasteiger partial charge in [-0.2, -0.15) is 0 Å². The minimum Gasteiger partial charge on any atom is -0.325 e. The molecule has 0 saturated heterocycles. The van der Waals surface area contributed by atoms with Crippen molar-refractivity contribution < 1.29 is 9.18 Å². The lowest BCUT2D eigenvalue weighted by Gasteiger charge is -2.25. The lowest BCUT2D eigenvalue weighted by atomic mass is 10.2. The molecule has 3 nitrogen and oxygen atoms in total. The molecule has 0 saturated carbocycles. The van der Waals surface area contributed by atoms with E-state index < -0.39 is 8.07 Å². The van der Waals surface area contributed by atoms with Crippen LogP contribution in [0, 0.1) is 5.82 Å². The molecule has 1 aromatic heterocycles. The Morgan fingerprint density at radius 3 is 2.29 bits per heavy atom. The van der Waals surface area contributed by atoms with Crippen molar-refractivity contribution in [1.82, 2.24) is 9.47 Å². The maximum Gasteiger partial charge on any atom is 0.328 e. The molecule has 0 N–H and O–H groups in total. The number of aromatic nitrogens is 1. The van der Waals surface area contributed by atoms with Gasteiger partial charge in [-0.1, -0.05) is 31.8 Å². The molecule has 0 aliphatic carbocycles. The van der Waals surface area contributed by atoms with Crippen LogP contribution in [0.3, 0.4) is 0 Å². The highest BCUT2D eigenvalue weighted by Crippen LogP contribution is 2.22. The van der Waals surface area contributed by atoms with Crippen LogP contribution in [0.4, 0.5) is 9.18 Å². The van der Waals surface area contributed by atoms with Crippen molar-refractivity contribution in [3.8, 4) is 0 Å². The zero-order valence-electron chi connectivity index (χ0n) is 13.4. The normalized spacial score (nSPS) is 11.9. The number of halogens is 1. The average Bonchev–Trinajstić information content (AvgIpc) is 2.74. The number of carbonyl (C=O) groups excluding carboxylic acids is 1. The van der Waals surface area contributed by atoms with E-state index in [0.717, 1.165) is 0 Å². The van der Waals surface area contributed by atoms with Crippen LogP contribution in [0.15, 0.2) is 24.3 Å². The molecule has 21 heavy (non-hydrogen) atoms. The third kappa shape index (κ3) is 2.62. The fourth-order valence-electron chi connectivity index (χ4n) is 2.70. The summed E-state index contributed by atoms with van der Waals surface area (Å²) in [6.45, 7) is 11.3. The second-order valence-electron chi connectivity index (χ2n) is 6.22. The zero-order valence-corrected chi connectivity index (χ0v) is 14.4. The lowest BCUT2D eigenvalue weighted by molar-refractivity contribution is 0.206.